The Labute approximate surface area is 89.8 Å². The monoisotopic (exact) mass is 210 g/mol. The zero-order valence-electron chi connectivity index (χ0n) is 9.08. The molecule has 4 nitrogen and oxygen atoms in total. The summed E-state index contributed by atoms with van der Waals surface area (Å²) in [5.74, 6) is 0.427. The first kappa shape index (κ1) is 10.6. The van der Waals surface area contributed by atoms with E-state index in [0.717, 1.165) is 18.8 Å². The summed E-state index contributed by atoms with van der Waals surface area (Å²) in [5, 5.41) is 5.62. The van der Waals surface area contributed by atoms with Gasteiger partial charge in [-0.05, 0) is 18.8 Å². The summed E-state index contributed by atoms with van der Waals surface area (Å²) < 4.78 is 0. The van der Waals surface area contributed by atoms with Crippen molar-refractivity contribution >= 4 is 11.8 Å². The molecule has 1 saturated carbocycles. The summed E-state index contributed by atoms with van der Waals surface area (Å²) in [6.45, 7) is 2.24. The molecule has 1 heterocycles. The Morgan fingerprint density at radius 1 is 1.33 bits per heavy atom. The number of hydrogen-bond donors (Lipinski definition) is 2. The third-order valence-corrected chi connectivity index (χ3v) is 3.34. The largest absolute Gasteiger partial charge is 0.303 e. The first-order valence-corrected chi connectivity index (χ1v) is 5.75. The molecule has 15 heavy (non-hydrogen) atoms. The van der Waals surface area contributed by atoms with Crippen LogP contribution < -0.4 is 10.6 Å². The maximum atomic E-state index is 11.3. The van der Waals surface area contributed by atoms with Gasteiger partial charge in [0.2, 0.25) is 11.8 Å². The van der Waals surface area contributed by atoms with Crippen LogP contribution in [0.3, 0.4) is 0 Å². The number of amides is 2. The number of carbonyl (C=O) groups is 2. The third-order valence-electron chi connectivity index (χ3n) is 3.34. The van der Waals surface area contributed by atoms with Gasteiger partial charge in [-0.2, -0.15) is 0 Å². The first-order chi connectivity index (χ1) is 7.15. The van der Waals surface area contributed by atoms with Gasteiger partial charge in [-0.1, -0.05) is 19.8 Å². The maximum absolute atomic E-state index is 11.3. The molecule has 1 aliphatic heterocycles. The van der Waals surface area contributed by atoms with Crippen molar-refractivity contribution in [3.05, 3.63) is 0 Å². The van der Waals surface area contributed by atoms with Crippen LogP contribution in [-0.4, -0.2) is 23.9 Å². The molecule has 0 bridgehead atoms. The van der Waals surface area contributed by atoms with Crippen LogP contribution in [0.15, 0.2) is 0 Å². The SMILES string of the molecule is CC1CCCC(NC2CC(=O)NC2=O)C1. The van der Waals surface area contributed by atoms with Gasteiger partial charge >= 0.3 is 0 Å². The number of nitrogens with one attached hydrogen (secondary N) is 2. The molecule has 0 radical (unpaired) electrons. The van der Waals surface area contributed by atoms with Crippen LogP contribution in [0, 0.1) is 5.92 Å². The number of imide groups is 1. The standard InChI is InChI=1S/C11H18N2O2/c1-7-3-2-4-8(5-7)12-9-6-10(14)13-11(9)15/h7-9,12H,2-6H2,1H3,(H,13,14,15). The van der Waals surface area contributed by atoms with Gasteiger partial charge in [-0.3, -0.25) is 14.9 Å². The first-order valence-electron chi connectivity index (χ1n) is 5.75. The lowest BCUT2D eigenvalue weighted by molar-refractivity contribution is -0.125. The molecule has 0 aromatic heterocycles. The van der Waals surface area contributed by atoms with Crippen molar-refractivity contribution in [2.75, 3.05) is 0 Å². The highest BCUT2D eigenvalue weighted by Gasteiger charge is 2.32. The zero-order valence-corrected chi connectivity index (χ0v) is 9.08. The molecule has 3 atom stereocenters. The predicted octanol–water partition coefficient (Wildman–Crippen LogP) is 0.570. The minimum Gasteiger partial charge on any atom is -0.303 e. The summed E-state index contributed by atoms with van der Waals surface area (Å²) in [6.07, 6.45) is 5.07. The average molecular weight is 210 g/mol. The van der Waals surface area contributed by atoms with Crippen molar-refractivity contribution in [3.63, 3.8) is 0 Å². The lowest BCUT2D eigenvalue weighted by atomic mass is 9.86. The molecule has 84 valence electrons. The fourth-order valence-electron chi connectivity index (χ4n) is 2.56. The molecule has 0 spiro atoms. The Morgan fingerprint density at radius 3 is 2.73 bits per heavy atom. The molecule has 2 N–H and O–H groups in total. The van der Waals surface area contributed by atoms with Gasteiger partial charge in [0, 0.05) is 6.04 Å². The van der Waals surface area contributed by atoms with Gasteiger partial charge < -0.3 is 5.32 Å². The molecule has 2 aliphatic rings. The quantitative estimate of drug-likeness (QED) is 0.655. The molecular formula is C11H18N2O2. The fraction of sp³-hybridized carbons (Fsp3) is 0.818. The van der Waals surface area contributed by atoms with Crippen molar-refractivity contribution in [1.29, 1.82) is 0 Å². The summed E-state index contributed by atoms with van der Waals surface area (Å²) in [7, 11) is 0. The molecular weight excluding hydrogens is 192 g/mol. The maximum Gasteiger partial charge on any atom is 0.244 e. The Kier molecular flexibility index (Phi) is 3.05. The van der Waals surface area contributed by atoms with Gasteiger partial charge in [0.25, 0.3) is 0 Å². The van der Waals surface area contributed by atoms with E-state index in [1.54, 1.807) is 0 Å². The Morgan fingerprint density at radius 2 is 2.13 bits per heavy atom. The average Bonchev–Trinajstić information content (AvgIpc) is 2.45. The summed E-state index contributed by atoms with van der Waals surface area (Å²) in [6, 6.07) is 0.128. The predicted molar refractivity (Wildman–Crippen MR) is 56.1 cm³/mol. The zero-order chi connectivity index (χ0) is 10.8. The lowest BCUT2D eigenvalue weighted by Crippen LogP contribution is -2.44. The second kappa shape index (κ2) is 4.31. The summed E-state index contributed by atoms with van der Waals surface area (Å²) in [4.78, 5) is 22.3. The van der Waals surface area contributed by atoms with E-state index < -0.39 is 0 Å². The third kappa shape index (κ3) is 2.56. The van der Waals surface area contributed by atoms with E-state index in [-0.39, 0.29) is 17.9 Å². The molecule has 0 aromatic rings. The van der Waals surface area contributed by atoms with Crippen molar-refractivity contribution in [3.8, 4) is 0 Å². The molecule has 2 rings (SSSR count). The van der Waals surface area contributed by atoms with E-state index in [4.69, 9.17) is 0 Å². The van der Waals surface area contributed by atoms with Crippen LogP contribution in [0.25, 0.3) is 0 Å². The topological polar surface area (TPSA) is 58.2 Å². The number of hydrogen-bond acceptors (Lipinski definition) is 3. The van der Waals surface area contributed by atoms with Crippen LogP contribution in [0.4, 0.5) is 0 Å². The van der Waals surface area contributed by atoms with Crippen molar-refractivity contribution in [2.45, 2.75) is 51.1 Å². The smallest absolute Gasteiger partial charge is 0.244 e. The second-order valence-electron chi connectivity index (χ2n) is 4.80. The van der Waals surface area contributed by atoms with Gasteiger partial charge in [0.15, 0.2) is 0 Å². The Balaban J connectivity index is 1.86. The Hall–Kier alpha value is -0.900. The van der Waals surface area contributed by atoms with E-state index in [9.17, 15) is 9.59 Å². The van der Waals surface area contributed by atoms with E-state index in [2.05, 4.69) is 17.6 Å². The van der Waals surface area contributed by atoms with Crippen molar-refractivity contribution in [2.24, 2.45) is 5.92 Å². The minimum absolute atomic E-state index is 0.152. The minimum atomic E-state index is -0.284. The number of rotatable bonds is 2. The van der Waals surface area contributed by atoms with Crippen LogP contribution in [0.1, 0.15) is 39.0 Å². The van der Waals surface area contributed by atoms with Crippen LogP contribution >= 0.6 is 0 Å². The number of carbonyl (C=O) groups excluding carboxylic acids is 2. The molecule has 4 heteroatoms. The highest BCUT2D eigenvalue weighted by Crippen LogP contribution is 2.24. The molecule has 1 saturated heterocycles. The fourth-order valence-corrected chi connectivity index (χ4v) is 2.56. The molecule has 3 unspecified atom stereocenters. The van der Waals surface area contributed by atoms with E-state index in [0.29, 0.717) is 12.5 Å². The second-order valence-corrected chi connectivity index (χ2v) is 4.80. The van der Waals surface area contributed by atoms with Crippen molar-refractivity contribution < 1.29 is 9.59 Å². The van der Waals surface area contributed by atoms with Gasteiger partial charge in [0.05, 0.1) is 12.5 Å². The van der Waals surface area contributed by atoms with Crippen LogP contribution in [-0.2, 0) is 9.59 Å². The highest BCUT2D eigenvalue weighted by atomic mass is 16.2. The van der Waals surface area contributed by atoms with E-state index in [1.807, 2.05) is 0 Å². The van der Waals surface area contributed by atoms with Gasteiger partial charge in [-0.15, -0.1) is 0 Å². The van der Waals surface area contributed by atoms with Gasteiger partial charge in [-0.25, -0.2) is 0 Å². The Bertz CT molecular complexity index is 278. The molecule has 2 fully saturated rings. The normalized spacial score (nSPS) is 36.7. The molecule has 2 amide bonds. The highest BCUT2D eigenvalue weighted by molar-refractivity contribution is 6.05. The summed E-state index contributed by atoms with van der Waals surface area (Å²) in [5.41, 5.74) is 0. The van der Waals surface area contributed by atoms with Crippen LogP contribution in [0.2, 0.25) is 0 Å². The molecule has 0 aromatic carbocycles. The van der Waals surface area contributed by atoms with E-state index in [1.165, 1.54) is 12.8 Å². The lowest BCUT2D eigenvalue weighted by Gasteiger charge is -2.29. The van der Waals surface area contributed by atoms with Crippen molar-refractivity contribution in [1.82, 2.24) is 10.6 Å². The van der Waals surface area contributed by atoms with E-state index >= 15 is 0 Å². The summed E-state index contributed by atoms with van der Waals surface area (Å²) >= 11 is 0. The van der Waals surface area contributed by atoms with Crippen LogP contribution in [0.5, 0.6) is 0 Å². The molecule has 1 aliphatic carbocycles. The van der Waals surface area contributed by atoms with Gasteiger partial charge in [0.1, 0.15) is 0 Å².